The van der Waals surface area contributed by atoms with Gasteiger partial charge in [0, 0.05) is 55.7 Å². The molecule has 5 heteroatoms. The van der Waals surface area contributed by atoms with Crippen LogP contribution in [0.1, 0.15) is 44.1 Å². The van der Waals surface area contributed by atoms with E-state index >= 15 is 0 Å². The fraction of sp³-hybridized carbons (Fsp3) is 0.682. The van der Waals surface area contributed by atoms with E-state index in [1.165, 1.54) is 25.8 Å². The highest BCUT2D eigenvalue weighted by Gasteiger charge is 2.39. The molecular formula is C22H31ClN2O2. The average molecular weight is 391 g/mol. The maximum Gasteiger partial charge on any atom is 0.223 e. The first-order valence-electron chi connectivity index (χ1n) is 10.4. The van der Waals surface area contributed by atoms with Crippen LogP contribution in [0.15, 0.2) is 24.3 Å². The Morgan fingerprint density at radius 1 is 1.22 bits per heavy atom. The first kappa shape index (κ1) is 19.2. The number of rotatable bonds is 6. The van der Waals surface area contributed by atoms with Crippen molar-refractivity contribution in [2.75, 3.05) is 32.8 Å². The summed E-state index contributed by atoms with van der Waals surface area (Å²) in [5.41, 5.74) is 0.938. The van der Waals surface area contributed by atoms with E-state index in [0.717, 1.165) is 61.4 Å². The summed E-state index contributed by atoms with van der Waals surface area (Å²) in [6, 6.07) is 8.62. The summed E-state index contributed by atoms with van der Waals surface area (Å²) >= 11 is 6.32. The van der Waals surface area contributed by atoms with E-state index in [9.17, 15) is 9.90 Å². The van der Waals surface area contributed by atoms with E-state index in [4.69, 9.17) is 11.6 Å². The molecule has 2 atom stereocenters. The van der Waals surface area contributed by atoms with Gasteiger partial charge in [-0.2, -0.15) is 0 Å². The fourth-order valence-corrected chi connectivity index (χ4v) is 5.57. The topological polar surface area (TPSA) is 43.8 Å². The second kappa shape index (κ2) is 8.10. The average Bonchev–Trinajstić information content (AvgIpc) is 3.32. The van der Waals surface area contributed by atoms with Crippen LogP contribution in [-0.2, 0) is 11.2 Å². The predicted octanol–water partition coefficient (Wildman–Crippen LogP) is 3.36. The fourth-order valence-electron chi connectivity index (χ4n) is 5.36. The minimum absolute atomic E-state index is 0.150. The lowest BCUT2D eigenvalue weighted by molar-refractivity contribution is -0.134. The number of aliphatic hydroxyl groups excluding tert-OH is 1. The molecule has 3 aliphatic rings. The van der Waals surface area contributed by atoms with Gasteiger partial charge >= 0.3 is 0 Å². The molecule has 1 aliphatic carbocycles. The van der Waals surface area contributed by atoms with Gasteiger partial charge in [-0.1, -0.05) is 29.8 Å². The van der Waals surface area contributed by atoms with Crippen molar-refractivity contribution >= 4 is 17.5 Å². The van der Waals surface area contributed by atoms with Gasteiger partial charge in [-0.3, -0.25) is 9.69 Å². The molecule has 0 spiro atoms. The number of piperidine rings is 2. The first-order chi connectivity index (χ1) is 13.1. The van der Waals surface area contributed by atoms with Gasteiger partial charge < -0.3 is 10.0 Å². The second-order valence-electron chi connectivity index (χ2n) is 8.88. The molecule has 1 aromatic rings. The zero-order valence-corrected chi connectivity index (χ0v) is 16.8. The summed E-state index contributed by atoms with van der Waals surface area (Å²) in [6.07, 6.45) is 7.16. The van der Waals surface area contributed by atoms with Crippen molar-refractivity contribution in [3.63, 3.8) is 0 Å². The lowest BCUT2D eigenvalue weighted by Gasteiger charge is -2.41. The number of carbonyl (C=O) groups excluding carboxylic acids is 1. The molecule has 0 radical (unpaired) electrons. The molecule has 27 heavy (non-hydrogen) atoms. The highest BCUT2D eigenvalue weighted by atomic mass is 35.5. The molecule has 1 saturated carbocycles. The van der Waals surface area contributed by atoms with Crippen LogP contribution in [-0.4, -0.2) is 59.6 Å². The Bertz CT molecular complexity index is 672. The van der Waals surface area contributed by atoms with E-state index in [1.54, 1.807) is 0 Å². The number of amides is 1. The molecule has 2 heterocycles. The smallest absolute Gasteiger partial charge is 0.223 e. The molecule has 2 aliphatic heterocycles. The normalized spacial score (nSPS) is 27.3. The lowest BCUT2D eigenvalue weighted by Crippen LogP contribution is -2.46. The largest absolute Gasteiger partial charge is 0.396 e. The van der Waals surface area contributed by atoms with Gasteiger partial charge in [-0.25, -0.2) is 0 Å². The van der Waals surface area contributed by atoms with Gasteiger partial charge in [-0.05, 0) is 56.1 Å². The Morgan fingerprint density at radius 2 is 2.00 bits per heavy atom. The van der Waals surface area contributed by atoms with Crippen molar-refractivity contribution in [3.05, 3.63) is 34.9 Å². The molecule has 3 fully saturated rings. The highest BCUT2D eigenvalue weighted by molar-refractivity contribution is 6.31. The van der Waals surface area contributed by atoms with E-state index in [-0.39, 0.29) is 17.9 Å². The zero-order chi connectivity index (χ0) is 18.9. The van der Waals surface area contributed by atoms with Crippen molar-refractivity contribution < 1.29 is 9.90 Å². The van der Waals surface area contributed by atoms with Gasteiger partial charge in [0.15, 0.2) is 0 Å². The number of hydrogen-bond acceptors (Lipinski definition) is 3. The van der Waals surface area contributed by atoms with Crippen molar-refractivity contribution in [2.24, 2.45) is 11.3 Å². The van der Waals surface area contributed by atoms with Crippen LogP contribution in [0, 0.1) is 11.3 Å². The number of aliphatic hydroxyl groups is 1. The number of halogens is 1. The third-order valence-corrected chi connectivity index (χ3v) is 7.54. The molecule has 0 aromatic heterocycles. The maximum absolute atomic E-state index is 12.7. The minimum atomic E-state index is -0.157. The molecule has 2 saturated heterocycles. The van der Waals surface area contributed by atoms with Crippen LogP contribution >= 0.6 is 11.6 Å². The summed E-state index contributed by atoms with van der Waals surface area (Å²) in [7, 11) is 0. The van der Waals surface area contributed by atoms with E-state index in [1.807, 2.05) is 29.2 Å². The maximum atomic E-state index is 12.7. The van der Waals surface area contributed by atoms with Crippen LogP contribution in [0.5, 0.6) is 0 Å². The number of likely N-dealkylation sites (tertiary alicyclic amines) is 2. The SMILES string of the molecule is O=C(CCN1C[C@H]2CC[C@H]1C2)N1CCC(CO)(Cc2ccccc2Cl)CC1. The van der Waals surface area contributed by atoms with Crippen molar-refractivity contribution in [2.45, 2.75) is 51.0 Å². The summed E-state index contributed by atoms with van der Waals surface area (Å²) in [5, 5.41) is 10.8. The Kier molecular flexibility index (Phi) is 5.77. The van der Waals surface area contributed by atoms with Gasteiger partial charge in [0.25, 0.3) is 0 Å². The minimum Gasteiger partial charge on any atom is -0.396 e. The Balaban J connectivity index is 1.28. The Labute approximate surface area is 167 Å². The number of nitrogens with zero attached hydrogens (tertiary/aromatic N) is 2. The number of benzene rings is 1. The molecule has 1 N–H and O–H groups in total. The molecule has 0 unspecified atom stereocenters. The third-order valence-electron chi connectivity index (χ3n) is 7.17. The molecule has 4 rings (SSSR count). The summed E-state index contributed by atoms with van der Waals surface area (Å²) in [5.74, 6) is 1.16. The van der Waals surface area contributed by atoms with Gasteiger partial charge in [0.1, 0.15) is 0 Å². The number of fused-ring (bicyclic) bond motifs is 2. The van der Waals surface area contributed by atoms with Gasteiger partial charge in [-0.15, -0.1) is 0 Å². The lowest BCUT2D eigenvalue weighted by atomic mass is 9.74. The van der Waals surface area contributed by atoms with Crippen LogP contribution in [0.4, 0.5) is 0 Å². The summed E-state index contributed by atoms with van der Waals surface area (Å²) in [6.45, 7) is 3.76. The molecule has 4 nitrogen and oxygen atoms in total. The van der Waals surface area contributed by atoms with Crippen LogP contribution in [0.2, 0.25) is 5.02 Å². The highest BCUT2D eigenvalue weighted by Crippen LogP contribution is 2.38. The number of hydrogen-bond donors (Lipinski definition) is 1. The Morgan fingerprint density at radius 3 is 2.63 bits per heavy atom. The van der Waals surface area contributed by atoms with Gasteiger partial charge in [0.05, 0.1) is 0 Å². The predicted molar refractivity (Wildman–Crippen MR) is 108 cm³/mol. The standard InChI is InChI=1S/C22H31ClN2O2/c23-20-4-2-1-3-18(20)14-22(16-26)8-11-24(12-9-22)21(27)7-10-25-15-17-5-6-19(25)13-17/h1-4,17,19,26H,5-16H2/t17-,19-/m0/s1. The molecular weight excluding hydrogens is 360 g/mol. The van der Waals surface area contributed by atoms with Crippen LogP contribution < -0.4 is 0 Å². The summed E-state index contributed by atoms with van der Waals surface area (Å²) < 4.78 is 0. The van der Waals surface area contributed by atoms with Crippen molar-refractivity contribution in [1.82, 2.24) is 9.80 Å². The van der Waals surface area contributed by atoms with E-state index < -0.39 is 0 Å². The van der Waals surface area contributed by atoms with Crippen LogP contribution in [0.25, 0.3) is 0 Å². The van der Waals surface area contributed by atoms with Crippen molar-refractivity contribution in [3.8, 4) is 0 Å². The first-order valence-corrected chi connectivity index (χ1v) is 10.8. The van der Waals surface area contributed by atoms with E-state index in [2.05, 4.69) is 4.90 Å². The number of carbonyl (C=O) groups is 1. The molecule has 148 valence electrons. The Hall–Kier alpha value is -1.10. The van der Waals surface area contributed by atoms with Gasteiger partial charge in [0.2, 0.25) is 5.91 Å². The monoisotopic (exact) mass is 390 g/mol. The van der Waals surface area contributed by atoms with Crippen molar-refractivity contribution in [1.29, 1.82) is 0 Å². The quantitative estimate of drug-likeness (QED) is 0.810. The second-order valence-corrected chi connectivity index (χ2v) is 9.29. The molecule has 1 amide bonds. The summed E-state index contributed by atoms with van der Waals surface area (Å²) in [4.78, 5) is 17.2. The zero-order valence-electron chi connectivity index (χ0n) is 16.1. The van der Waals surface area contributed by atoms with E-state index in [0.29, 0.717) is 6.42 Å². The molecule has 2 bridgehead atoms. The third kappa shape index (κ3) is 4.18. The van der Waals surface area contributed by atoms with Crippen LogP contribution in [0.3, 0.4) is 0 Å². The molecule has 1 aromatic carbocycles.